The Morgan fingerprint density at radius 3 is 2.12 bits per heavy atom. The van der Waals surface area contributed by atoms with Gasteiger partial charge in [-0.2, -0.15) is 27.1 Å². The topological polar surface area (TPSA) is 215 Å². The Balaban J connectivity index is 1.20. The number of amides is 1. The number of aromatic nitrogens is 2. The molecule has 1 unspecified atom stereocenters. The summed E-state index contributed by atoms with van der Waals surface area (Å²) in [5, 5.41) is 11.9. The van der Waals surface area contributed by atoms with Crippen LogP contribution in [0.2, 0.25) is 0 Å². The summed E-state index contributed by atoms with van der Waals surface area (Å²) in [6.45, 7) is 4.31. The number of thiazole rings is 2. The van der Waals surface area contributed by atoms with E-state index in [1.54, 1.807) is 43.3 Å². The minimum Gasteiger partial charge on any atom is -0.495 e. The number of ether oxygens (including phenoxy) is 1. The van der Waals surface area contributed by atoms with Gasteiger partial charge in [0.25, 0.3) is 26.1 Å². The molecule has 0 aliphatic heterocycles. The molecule has 18 heteroatoms. The third-order valence-electron chi connectivity index (χ3n) is 7.69. The molecule has 0 spiro atoms. The van der Waals surface area contributed by atoms with Gasteiger partial charge in [-0.05, 0) is 86.5 Å². The lowest BCUT2D eigenvalue weighted by Crippen LogP contribution is -2.32. The van der Waals surface area contributed by atoms with Crippen molar-refractivity contribution in [2.75, 3.05) is 12.4 Å². The van der Waals surface area contributed by atoms with Gasteiger partial charge in [0.2, 0.25) is 6.04 Å². The van der Waals surface area contributed by atoms with Crippen molar-refractivity contribution in [3.63, 3.8) is 0 Å². The highest BCUT2D eigenvalue weighted by atomic mass is 32.2. The number of rotatable bonds is 10. The van der Waals surface area contributed by atoms with Crippen molar-refractivity contribution in [3.05, 3.63) is 77.9 Å². The molecule has 51 heavy (non-hydrogen) atoms. The Bertz CT molecular complexity index is 2630. The minimum absolute atomic E-state index is 0.143. The van der Waals surface area contributed by atoms with Crippen LogP contribution in [0.15, 0.2) is 86.7 Å². The Kier molecular flexibility index (Phi) is 9.57. The van der Waals surface area contributed by atoms with Crippen molar-refractivity contribution < 1.29 is 40.3 Å². The van der Waals surface area contributed by atoms with Crippen LogP contribution in [0.3, 0.4) is 0 Å². The molecule has 14 nitrogen and oxygen atoms in total. The highest BCUT2D eigenvalue weighted by Crippen LogP contribution is 2.39. The van der Waals surface area contributed by atoms with E-state index in [1.807, 2.05) is 18.2 Å². The van der Waals surface area contributed by atoms with Crippen LogP contribution in [0.1, 0.15) is 18.1 Å². The third kappa shape index (κ3) is 7.41. The van der Waals surface area contributed by atoms with Gasteiger partial charge in [-0.1, -0.05) is 6.07 Å². The van der Waals surface area contributed by atoms with Crippen molar-refractivity contribution in [2.45, 2.75) is 36.6 Å². The van der Waals surface area contributed by atoms with E-state index in [9.17, 15) is 35.5 Å². The molecule has 0 radical (unpaired) electrons. The van der Waals surface area contributed by atoms with Crippen molar-refractivity contribution in [2.24, 2.45) is 10.2 Å². The van der Waals surface area contributed by atoms with Gasteiger partial charge in [0.15, 0.2) is 5.78 Å². The first kappa shape index (κ1) is 35.8. The van der Waals surface area contributed by atoms with Gasteiger partial charge in [0.1, 0.15) is 25.6 Å². The average molecular weight is 766 g/mol. The van der Waals surface area contributed by atoms with Crippen LogP contribution in [0.5, 0.6) is 5.75 Å². The first-order valence-electron chi connectivity index (χ1n) is 14.8. The third-order valence-corrected chi connectivity index (χ3v) is 11.9. The summed E-state index contributed by atoms with van der Waals surface area (Å²) in [6, 6.07) is 16.7. The quantitative estimate of drug-likeness (QED) is 0.0730. The summed E-state index contributed by atoms with van der Waals surface area (Å²) in [7, 11) is -7.82. The molecule has 0 fully saturated rings. The van der Waals surface area contributed by atoms with Crippen molar-refractivity contribution in [3.8, 4) is 26.9 Å². The average Bonchev–Trinajstić information content (AvgIpc) is 3.69. The fourth-order valence-corrected chi connectivity index (χ4v) is 9.20. The number of fused-ring (bicyclic) bond motifs is 2. The monoisotopic (exact) mass is 765 g/mol. The minimum atomic E-state index is -4.59. The fraction of sp³-hybridized carbons (Fsp3) is 0.152. The molecule has 0 saturated heterocycles. The van der Waals surface area contributed by atoms with Crippen molar-refractivity contribution >= 4 is 86.4 Å². The molecule has 0 aliphatic rings. The second-order valence-corrected chi connectivity index (χ2v) is 16.1. The lowest BCUT2D eigenvalue weighted by molar-refractivity contribution is -0.126. The zero-order valence-corrected chi connectivity index (χ0v) is 30.4. The number of hydrogen-bond acceptors (Lipinski definition) is 13. The van der Waals surface area contributed by atoms with Crippen LogP contribution < -0.4 is 10.1 Å². The number of nitrogens with zero attached hydrogens (tertiary/aromatic N) is 4. The number of aryl methyl sites for hydroxylation is 2. The molecule has 2 aromatic heterocycles. The zero-order chi connectivity index (χ0) is 36.8. The molecule has 4 aromatic carbocycles. The van der Waals surface area contributed by atoms with Crippen LogP contribution in [0.4, 0.5) is 11.4 Å². The maximum Gasteiger partial charge on any atom is 0.298 e. The van der Waals surface area contributed by atoms with E-state index in [2.05, 4.69) is 20.5 Å². The SMILES string of the molecule is COc1cc(NC(=O)C(N=Nc2ccc(-c3nc4ccc(-c5nc6ccc(C)c(S(=O)(=O)O)c6s5)cc4s3)cc2)C(C)=O)c(C)cc1S(=O)(=O)O. The van der Waals surface area contributed by atoms with Gasteiger partial charge in [0, 0.05) is 22.9 Å². The number of carbonyl (C=O) groups excluding carboxylic acids is 2. The summed E-state index contributed by atoms with van der Waals surface area (Å²) in [4.78, 5) is 34.1. The number of nitrogens with one attached hydrogen (secondary N) is 1. The van der Waals surface area contributed by atoms with Gasteiger partial charge in [-0.3, -0.25) is 18.7 Å². The highest BCUT2D eigenvalue weighted by Gasteiger charge is 2.26. The summed E-state index contributed by atoms with van der Waals surface area (Å²) in [5.41, 5.74) is 4.00. The molecule has 0 bridgehead atoms. The van der Waals surface area contributed by atoms with E-state index >= 15 is 0 Å². The second kappa shape index (κ2) is 13.6. The Morgan fingerprint density at radius 2 is 1.47 bits per heavy atom. The number of azo groups is 1. The molecule has 0 saturated carbocycles. The number of anilines is 1. The molecule has 3 N–H and O–H groups in total. The van der Waals surface area contributed by atoms with Gasteiger partial charge in [-0.15, -0.1) is 22.7 Å². The molecule has 1 atom stereocenters. The summed E-state index contributed by atoms with van der Waals surface area (Å²) in [5.74, 6) is -1.59. The van der Waals surface area contributed by atoms with E-state index in [-0.39, 0.29) is 16.3 Å². The fourth-order valence-electron chi connectivity index (χ4n) is 5.16. The summed E-state index contributed by atoms with van der Waals surface area (Å²) < 4.78 is 73.0. The van der Waals surface area contributed by atoms with Crippen molar-refractivity contribution in [1.29, 1.82) is 0 Å². The van der Waals surface area contributed by atoms with Gasteiger partial charge in [0.05, 0.1) is 33.2 Å². The number of benzene rings is 4. The molecule has 2 heterocycles. The van der Waals surface area contributed by atoms with Crippen LogP contribution >= 0.6 is 22.7 Å². The largest absolute Gasteiger partial charge is 0.495 e. The molecule has 262 valence electrons. The maximum absolute atomic E-state index is 13.0. The molecular formula is C33H27N5O9S4. The van der Waals surface area contributed by atoms with Crippen LogP contribution in [-0.4, -0.2) is 60.8 Å². The lowest BCUT2D eigenvalue weighted by atomic mass is 10.1. The normalized spacial score (nSPS) is 12.8. The van der Waals surface area contributed by atoms with E-state index in [0.29, 0.717) is 37.0 Å². The van der Waals surface area contributed by atoms with Gasteiger partial charge < -0.3 is 10.1 Å². The lowest BCUT2D eigenvalue weighted by Gasteiger charge is -2.14. The standard InChI is InChI=1S/C33H27N5O9S4/c1-16-5-11-23-29(30(16)51(44,45)46)49-33(36-23)20-8-12-22-26(14-20)48-32(35-22)19-6-9-21(10-7-19)37-38-28(18(3)39)31(40)34-24-15-25(47-4)27(13-17(24)2)50(41,42)43/h5-15,28H,1-4H3,(H,34,40)(H,41,42,43)(H,44,45,46). The predicted molar refractivity (Wildman–Crippen MR) is 193 cm³/mol. The van der Waals surface area contributed by atoms with Crippen molar-refractivity contribution in [1.82, 2.24) is 9.97 Å². The molecule has 6 rings (SSSR count). The molecular weight excluding hydrogens is 739 g/mol. The van der Waals surface area contributed by atoms with Gasteiger partial charge in [-0.25, -0.2) is 9.97 Å². The number of Topliss-reactive ketones (excluding diaryl/α,β-unsaturated/α-hetero) is 1. The summed E-state index contributed by atoms with van der Waals surface area (Å²) in [6.07, 6.45) is 0. The first-order valence-corrected chi connectivity index (χ1v) is 19.3. The van der Waals surface area contributed by atoms with Crippen LogP contribution in [-0.2, 0) is 29.8 Å². The molecule has 6 aromatic rings. The maximum atomic E-state index is 13.0. The Morgan fingerprint density at radius 1 is 0.824 bits per heavy atom. The predicted octanol–water partition coefficient (Wildman–Crippen LogP) is 7.04. The summed E-state index contributed by atoms with van der Waals surface area (Å²) >= 11 is 2.62. The Labute approximate surface area is 299 Å². The Hall–Kier alpha value is -4.98. The van der Waals surface area contributed by atoms with E-state index in [0.717, 1.165) is 27.4 Å². The first-order chi connectivity index (χ1) is 24.0. The smallest absolute Gasteiger partial charge is 0.298 e. The number of hydrogen-bond donors (Lipinski definition) is 3. The number of carbonyl (C=O) groups is 2. The number of ketones is 1. The molecule has 1 amide bonds. The zero-order valence-electron chi connectivity index (χ0n) is 27.1. The second-order valence-electron chi connectivity index (χ2n) is 11.3. The van der Waals surface area contributed by atoms with E-state index in [4.69, 9.17) is 9.72 Å². The van der Waals surface area contributed by atoms with E-state index in [1.165, 1.54) is 49.7 Å². The number of methoxy groups -OCH3 is 1. The van der Waals surface area contributed by atoms with Crippen LogP contribution in [0, 0.1) is 13.8 Å². The highest BCUT2D eigenvalue weighted by molar-refractivity contribution is 7.86. The van der Waals surface area contributed by atoms with E-state index < -0.39 is 42.9 Å². The molecule has 0 aliphatic carbocycles. The van der Waals surface area contributed by atoms with Gasteiger partial charge >= 0.3 is 0 Å². The van der Waals surface area contributed by atoms with Crippen LogP contribution in [0.25, 0.3) is 41.6 Å².